The van der Waals surface area contributed by atoms with Crippen molar-refractivity contribution in [1.29, 1.82) is 0 Å². The van der Waals surface area contributed by atoms with E-state index in [0.29, 0.717) is 11.4 Å². The number of ether oxygens (including phenoxy) is 1. The summed E-state index contributed by atoms with van der Waals surface area (Å²) in [5, 5.41) is 0. The highest BCUT2D eigenvalue weighted by atomic mass is 32.2. The highest BCUT2D eigenvalue weighted by Gasteiger charge is 2.08. The molecule has 2 rings (SSSR count). The minimum Gasteiger partial charge on any atom is -0.495 e. The second kappa shape index (κ2) is 5.27. The molecule has 2 N–H and O–H groups in total. The molecular weight excluding hydrogens is 256 g/mol. The zero-order chi connectivity index (χ0) is 13.1. The molecule has 94 valence electrons. The van der Waals surface area contributed by atoms with E-state index in [9.17, 15) is 8.78 Å². The van der Waals surface area contributed by atoms with E-state index in [1.165, 1.54) is 7.11 Å². The van der Waals surface area contributed by atoms with E-state index >= 15 is 0 Å². The molecule has 18 heavy (non-hydrogen) atoms. The number of nitrogens with two attached hydrogens (primary N) is 1. The van der Waals surface area contributed by atoms with Gasteiger partial charge in [-0.15, -0.1) is 0 Å². The number of hydrogen-bond acceptors (Lipinski definition) is 3. The van der Waals surface area contributed by atoms with Crippen molar-refractivity contribution >= 4 is 17.4 Å². The number of halogens is 2. The summed E-state index contributed by atoms with van der Waals surface area (Å²) in [5.41, 5.74) is 6.18. The van der Waals surface area contributed by atoms with Gasteiger partial charge >= 0.3 is 0 Å². The summed E-state index contributed by atoms with van der Waals surface area (Å²) in [6.45, 7) is 0. The summed E-state index contributed by atoms with van der Waals surface area (Å²) in [5.74, 6) is -0.421. The van der Waals surface area contributed by atoms with Gasteiger partial charge in [-0.25, -0.2) is 8.78 Å². The van der Waals surface area contributed by atoms with Gasteiger partial charge in [0.25, 0.3) is 0 Å². The Labute approximate surface area is 108 Å². The average Bonchev–Trinajstić information content (AvgIpc) is 2.36. The Morgan fingerprint density at radius 3 is 2.61 bits per heavy atom. The predicted molar refractivity (Wildman–Crippen MR) is 67.9 cm³/mol. The molecule has 0 aliphatic heterocycles. The van der Waals surface area contributed by atoms with Gasteiger partial charge in [0.1, 0.15) is 17.4 Å². The molecule has 0 saturated carbocycles. The number of nitrogen functional groups attached to an aromatic ring is 1. The topological polar surface area (TPSA) is 35.2 Å². The van der Waals surface area contributed by atoms with Crippen LogP contribution in [0, 0.1) is 11.6 Å². The summed E-state index contributed by atoms with van der Waals surface area (Å²) in [6, 6.07) is 8.42. The average molecular weight is 267 g/mol. The third kappa shape index (κ3) is 2.73. The molecule has 0 unspecified atom stereocenters. The van der Waals surface area contributed by atoms with Crippen LogP contribution < -0.4 is 10.5 Å². The van der Waals surface area contributed by atoms with Crippen molar-refractivity contribution in [3.8, 4) is 5.75 Å². The Morgan fingerprint density at radius 2 is 1.89 bits per heavy atom. The minimum atomic E-state index is -0.471. The molecule has 0 aromatic heterocycles. The Morgan fingerprint density at radius 1 is 1.11 bits per heavy atom. The molecular formula is C13H11F2NOS. The van der Waals surface area contributed by atoms with E-state index in [1.807, 2.05) is 0 Å². The summed E-state index contributed by atoms with van der Waals surface area (Å²) in [6.07, 6.45) is 0. The van der Waals surface area contributed by atoms with E-state index in [0.717, 1.165) is 34.9 Å². The van der Waals surface area contributed by atoms with Crippen molar-refractivity contribution in [1.82, 2.24) is 0 Å². The van der Waals surface area contributed by atoms with Crippen LogP contribution in [-0.2, 0) is 0 Å². The maximum Gasteiger partial charge on any atom is 0.142 e. The molecule has 0 aliphatic rings. The summed E-state index contributed by atoms with van der Waals surface area (Å²) in [4.78, 5) is 0.951. The van der Waals surface area contributed by atoms with Crippen LogP contribution in [0.15, 0.2) is 46.2 Å². The lowest BCUT2D eigenvalue weighted by molar-refractivity contribution is 0.416. The first-order valence-corrected chi connectivity index (χ1v) is 5.98. The lowest BCUT2D eigenvalue weighted by atomic mass is 10.3. The highest BCUT2D eigenvalue weighted by molar-refractivity contribution is 7.99. The number of rotatable bonds is 3. The normalized spacial score (nSPS) is 10.4. The summed E-state index contributed by atoms with van der Waals surface area (Å²) < 4.78 is 31.6. The minimum absolute atomic E-state index is 0.224. The lowest BCUT2D eigenvalue weighted by Gasteiger charge is -2.07. The molecule has 0 heterocycles. The molecule has 0 atom stereocenters. The second-order valence-corrected chi connectivity index (χ2v) is 4.70. The summed E-state index contributed by atoms with van der Waals surface area (Å²) >= 11 is 1.12. The molecule has 0 fully saturated rings. The first-order valence-electron chi connectivity index (χ1n) is 5.16. The van der Waals surface area contributed by atoms with Gasteiger partial charge in [-0.05, 0) is 36.4 Å². The first-order chi connectivity index (χ1) is 8.60. The molecule has 5 heteroatoms. The fourth-order valence-electron chi connectivity index (χ4n) is 1.44. The van der Waals surface area contributed by atoms with E-state index in [4.69, 9.17) is 10.5 Å². The molecule has 0 saturated heterocycles. The van der Waals surface area contributed by atoms with Gasteiger partial charge in [0.15, 0.2) is 0 Å². The first kappa shape index (κ1) is 12.7. The van der Waals surface area contributed by atoms with Crippen molar-refractivity contribution in [2.45, 2.75) is 9.79 Å². The third-order valence-corrected chi connectivity index (χ3v) is 3.35. The predicted octanol–water partition coefficient (Wildman–Crippen LogP) is 3.71. The van der Waals surface area contributed by atoms with Crippen LogP contribution in [0.25, 0.3) is 0 Å². The number of hydrogen-bond donors (Lipinski definition) is 1. The van der Waals surface area contributed by atoms with Crippen LogP contribution in [0.1, 0.15) is 0 Å². The van der Waals surface area contributed by atoms with Crippen molar-refractivity contribution in [3.63, 3.8) is 0 Å². The van der Waals surface area contributed by atoms with Gasteiger partial charge in [0.05, 0.1) is 17.7 Å². The van der Waals surface area contributed by atoms with Gasteiger partial charge < -0.3 is 10.5 Å². The van der Waals surface area contributed by atoms with Crippen molar-refractivity contribution in [3.05, 3.63) is 48.0 Å². The molecule has 0 radical (unpaired) electrons. The lowest BCUT2D eigenvalue weighted by Crippen LogP contribution is -1.92. The Hall–Kier alpha value is -1.75. The Bertz CT molecular complexity index is 575. The van der Waals surface area contributed by atoms with E-state index in [-0.39, 0.29) is 4.90 Å². The van der Waals surface area contributed by atoms with Crippen LogP contribution >= 0.6 is 11.8 Å². The third-order valence-electron chi connectivity index (χ3n) is 2.33. The van der Waals surface area contributed by atoms with Gasteiger partial charge in [-0.1, -0.05) is 11.8 Å². The number of benzene rings is 2. The van der Waals surface area contributed by atoms with Crippen LogP contribution in [0.3, 0.4) is 0 Å². The standard InChI is InChI=1S/C13H11F2NOS/c1-17-12-7-9(3-5-11(12)16)18-13-6-8(14)2-4-10(13)15/h2-7H,16H2,1H3. The number of anilines is 1. The highest BCUT2D eigenvalue weighted by Crippen LogP contribution is 2.34. The van der Waals surface area contributed by atoms with Gasteiger partial charge in [0, 0.05) is 4.90 Å². The zero-order valence-electron chi connectivity index (χ0n) is 9.61. The molecule has 0 spiro atoms. The second-order valence-electron chi connectivity index (χ2n) is 3.58. The van der Waals surface area contributed by atoms with Gasteiger partial charge in [-0.2, -0.15) is 0 Å². The van der Waals surface area contributed by atoms with E-state index < -0.39 is 11.6 Å². The van der Waals surface area contributed by atoms with Crippen LogP contribution in [0.4, 0.5) is 14.5 Å². The fourth-order valence-corrected chi connectivity index (χ4v) is 2.33. The molecule has 2 aromatic carbocycles. The molecule has 0 aliphatic carbocycles. The quantitative estimate of drug-likeness (QED) is 0.861. The van der Waals surface area contributed by atoms with E-state index in [2.05, 4.69) is 0 Å². The Balaban J connectivity index is 2.31. The molecule has 2 aromatic rings. The van der Waals surface area contributed by atoms with E-state index in [1.54, 1.807) is 18.2 Å². The SMILES string of the molecule is COc1cc(Sc2cc(F)ccc2F)ccc1N. The van der Waals surface area contributed by atoms with Crippen molar-refractivity contribution in [2.24, 2.45) is 0 Å². The van der Waals surface area contributed by atoms with Crippen LogP contribution in [0.2, 0.25) is 0 Å². The number of methoxy groups -OCH3 is 1. The van der Waals surface area contributed by atoms with Crippen LogP contribution in [0.5, 0.6) is 5.75 Å². The summed E-state index contributed by atoms with van der Waals surface area (Å²) in [7, 11) is 1.50. The Kier molecular flexibility index (Phi) is 3.72. The molecule has 0 amide bonds. The molecule has 2 nitrogen and oxygen atoms in total. The fraction of sp³-hybridized carbons (Fsp3) is 0.0769. The smallest absolute Gasteiger partial charge is 0.142 e. The zero-order valence-corrected chi connectivity index (χ0v) is 10.4. The van der Waals surface area contributed by atoms with Crippen molar-refractivity contribution < 1.29 is 13.5 Å². The van der Waals surface area contributed by atoms with Gasteiger partial charge in [-0.3, -0.25) is 0 Å². The maximum absolute atomic E-state index is 13.5. The largest absolute Gasteiger partial charge is 0.495 e. The maximum atomic E-state index is 13.5. The van der Waals surface area contributed by atoms with Gasteiger partial charge in [0.2, 0.25) is 0 Å². The van der Waals surface area contributed by atoms with Crippen molar-refractivity contribution in [2.75, 3.05) is 12.8 Å². The molecule has 0 bridgehead atoms. The monoisotopic (exact) mass is 267 g/mol. The van der Waals surface area contributed by atoms with Crippen LogP contribution in [-0.4, -0.2) is 7.11 Å².